The molecule has 2 atom stereocenters. The van der Waals surface area contributed by atoms with Gasteiger partial charge in [-0.1, -0.05) is 36.7 Å². The van der Waals surface area contributed by atoms with Gasteiger partial charge in [0.15, 0.2) is 0 Å². The highest BCUT2D eigenvalue weighted by Crippen LogP contribution is 2.23. The zero-order valence-electron chi connectivity index (χ0n) is 10.7. The van der Waals surface area contributed by atoms with Gasteiger partial charge in [0.05, 0.1) is 6.04 Å². The normalized spacial score (nSPS) is 18.8. The molecule has 2 rings (SSSR count). The van der Waals surface area contributed by atoms with Gasteiger partial charge in [0, 0.05) is 10.9 Å². The summed E-state index contributed by atoms with van der Waals surface area (Å²) in [6, 6.07) is 7.56. The Balaban J connectivity index is 1.96. The zero-order valence-corrected chi connectivity index (χ0v) is 11.5. The van der Waals surface area contributed by atoms with Gasteiger partial charge in [-0.15, -0.1) is 0 Å². The lowest BCUT2D eigenvalue weighted by molar-refractivity contribution is -0.127. The summed E-state index contributed by atoms with van der Waals surface area (Å²) in [6.45, 7) is 5.83. The SMILES string of the molecule is CC(C(=O)N[C@@H](C)c1ccccc1Cl)C1CNC1. The van der Waals surface area contributed by atoms with E-state index in [1.54, 1.807) is 0 Å². The minimum Gasteiger partial charge on any atom is -0.349 e. The lowest BCUT2D eigenvalue weighted by atomic mass is 9.88. The number of hydrogen-bond donors (Lipinski definition) is 2. The van der Waals surface area contributed by atoms with E-state index < -0.39 is 0 Å². The maximum absolute atomic E-state index is 12.1. The summed E-state index contributed by atoms with van der Waals surface area (Å²) >= 11 is 6.12. The van der Waals surface area contributed by atoms with E-state index >= 15 is 0 Å². The van der Waals surface area contributed by atoms with Crippen molar-refractivity contribution >= 4 is 17.5 Å². The molecule has 18 heavy (non-hydrogen) atoms. The van der Waals surface area contributed by atoms with E-state index in [1.165, 1.54) is 0 Å². The predicted molar refractivity (Wildman–Crippen MR) is 73.5 cm³/mol. The highest BCUT2D eigenvalue weighted by Gasteiger charge is 2.29. The molecule has 0 saturated carbocycles. The van der Waals surface area contributed by atoms with Gasteiger partial charge >= 0.3 is 0 Å². The van der Waals surface area contributed by atoms with Crippen molar-refractivity contribution in [3.05, 3.63) is 34.9 Å². The van der Waals surface area contributed by atoms with Gasteiger partial charge in [-0.2, -0.15) is 0 Å². The van der Waals surface area contributed by atoms with Crippen molar-refractivity contribution in [1.82, 2.24) is 10.6 Å². The van der Waals surface area contributed by atoms with Crippen LogP contribution in [-0.4, -0.2) is 19.0 Å². The van der Waals surface area contributed by atoms with Crippen LogP contribution in [0.25, 0.3) is 0 Å². The Morgan fingerprint density at radius 1 is 1.39 bits per heavy atom. The summed E-state index contributed by atoms with van der Waals surface area (Å²) < 4.78 is 0. The van der Waals surface area contributed by atoms with Crippen LogP contribution >= 0.6 is 11.6 Å². The Labute approximate surface area is 113 Å². The first-order valence-corrected chi connectivity index (χ1v) is 6.73. The number of benzene rings is 1. The van der Waals surface area contributed by atoms with Gasteiger partial charge < -0.3 is 10.6 Å². The molecule has 1 unspecified atom stereocenters. The summed E-state index contributed by atoms with van der Waals surface area (Å²) in [5.41, 5.74) is 0.964. The van der Waals surface area contributed by atoms with Crippen molar-refractivity contribution < 1.29 is 4.79 Å². The third-order valence-electron chi connectivity index (χ3n) is 3.66. The fourth-order valence-corrected chi connectivity index (χ4v) is 2.43. The molecule has 1 heterocycles. The summed E-state index contributed by atoms with van der Waals surface area (Å²) in [6.07, 6.45) is 0. The van der Waals surface area contributed by atoms with Crippen molar-refractivity contribution in [2.45, 2.75) is 19.9 Å². The van der Waals surface area contributed by atoms with E-state index in [9.17, 15) is 4.79 Å². The lowest BCUT2D eigenvalue weighted by Crippen LogP contribution is -2.49. The van der Waals surface area contributed by atoms with E-state index in [-0.39, 0.29) is 17.9 Å². The van der Waals surface area contributed by atoms with Crippen LogP contribution in [0.3, 0.4) is 0 Å². The van der Waals surface area contributed by atoms with Crippen molar-refractivity contribution in [3.63, 3.8) is 0 Å². The van der Waals surface area contributed by atoms with Crippen molar-refractivity contribution in [1.29, 1.82) is 0 Å². The number of carbonyl (C=O) groups is 1. The van der Waals surface area contributed by atoms with Crippen LogP contribution in [0.5, 0.6) is 0 Å². The molecule has 1 saturated heterocycles. The molecule has 0 radical (unpaired) electrons. The average Bonchev–Trinajstić information content (AvgIpc) is 2.26. The molecule has 1 aliphatic rings. The van der Waals surface area contributed by atoms with E-state index in [4.69, 9.17) is 11.6 Å². The number of carbonyl (C=O) groups excluding carboxylic acids is 1. The van der Waals surface area contributed by atoms with Gasteiger partial charge in [-0.3, -0.25) is 4.79 Å². The van der Waals surface area contributed by atoms with Gasteiger partial charge in [-0.25, -0.2) is 0 Å². The predicted octanol–water partition coefficient (Wildman–Crippen LogP) is 2.37. The molecule has 1 aliphatic heterocycles. The molecular weight excluding hydrogens is 248 g/mol. The van der Waals surface area contributed by atoms with Gasteiger partial charge in [0.2, 0.25) is 5.91 Å². The third kappa shape index (κ3) is 2.85. The minimum absolute atomic E-state index is 0.0520. The summed E-state index contributed by atoms with van der Waals surface area (Å²) in [5.74, 6) is 0.619. The Morgan fingerprint density at radius 2 is 2.06 bits per heavy atom. The van der Waals surface area contributed by atoms with Gasteiger partial charge in [0.1, 0.15) is 0 Å². The quantitative estimate of drug-likeness (QED) is 0.879. The number of hydrogen-bond acceptors (Lipinski definition) is 2. The van der Waals surface area contributed by atoms with E-state index in [0.29, 0.717) is 10.9 Å². The Bertz CT molecular complexity index is 432. The summed E-state index contributed by atoms with van der Waals surface area (Å²) in [5, 5.41) is 6.92. The second kappa shape index (κ2) is 5.72. The lowest BCUT2D eigenvalue weighted by Gasteiger charge is -2.32. The first-order chi connectivity index (χ1) is 8.59. The molecule has 0 bridgehead atoms. The Morgan fingerprint density at radius 3 is 2.61 bits per heavy atom. The van der Waals surface area contributed by atoms with Crippen LogP contribution in [0.4, 0.5) is 0 Å². The molecule has 3 nitrogen and oxygen atoms in total. The standard InChI is InChI=1S/C14H19ClN2O/c1-9(11-7-16-8-11)14(18)17-10(2)12-5-3-4-6-13(12)15/h3-6,9-11,16H,7-8H2,1-2H3,(H,17,18)/t9?,10-/m0/s1. The van der Waals surface area contributed by atoms with Gasteiger partial charge in [0.25, 0.3) is 0 Å². The molecule has 0 aromatic heterocycles. The Hall–Kier alpha value is -1.06. The first-order valence-electron chi connectivity index (χ1n) is 6.35. The number of halogens is 1. The molecule has 0 aliphatic carbocycles. The molecular formula is C14H19ClN2O. The molecule has 1 amide bonds. The number of amides is 1. The van der Waals surface area contributed by atoms with Crippen molar-refractivity contribution in [2.75, 3.05) is 13.1 Å². The molecule has 1 fully saturated rings. The van der Waals surface area contributed by atoms with Crippen LogP contribution in [0.2, 0.25) is 5.02 Å². The highest BCUT2D eigenvalue weighted by molar-refractivity contribution is 6.31. The highest BCUT2D eigenvalue weighted by atomic mass is 35.5. The molecule has 4 heteroatoms. The fourth-order valence-electron chi connectivity index (χ4n) is 2.13. The molecule has 98 valence electrons. The minimum atomic E-state index is -0.0540. The molecule has 2 N–H and O–H groups in total. The van der Waals surface area contributed by atoms with Gasteiger partial charge in [-0.05, 0) is 37.6 Å². The summed E-state index contributed by atoms with van der Waals surface area (Å²) in [4.78, 5) is 12.1. The largest absolute Gasteiger partial charge is 0.349 e. The maximum atomic E-state index is 12.1. The molecule has 0 spiro atoms. The molecule has 1 aromatic carbocycles. The van der Waals surface area contributed by atoms with Crippen LogP contribution in [0, 0.1) is 11.8 Å². The summed E-state index contributed by atoms with van der Waals surface area (Å²) in [7, 11) is 0. The average molecular weight is 267 g/mol. The third-order valence-corrected chi connectivity index (χ3v) is 4.01. The second-order valence-corrected chi connectivity index (χ2v) is 5.37. The fraction of sp³-hybridized carbons (Fsp3) is 0.500. The zero-order chi connectivity index (χ0) is 13.1. The molecule has 1 aromatic rings. The van der Waals surface area contributed by atoms with Crippen molar-refractivity contribution in [2.24, 2.45) is 11.8 Å². The van der Waals surface area contributed by atoms with Crippen molar-refractivity contribution in [3.8, 4) is 0 Å². The smallest absolute Gasteiger partial charge is 0.223 e. The van der Waals surface area contributed by atoms with E-state index in [2.05, 4.69) is 10.6 Å². The monoisotopic (exact) mass is 266 g/mol. The van der Waals surface area contributed by atoms with E-state index in [1.807, 2.05) is 38.1 Å². The number of nitrogens with one attached hydrogen (secondary N) is 2. The van der Waals surface area contributed by atoms with Crippen LogP contribution in [0.15, 0.2) is 24.3 Å². The van der Waals surface area contributed by atoms with Crippen LogP contribution < -0.4 is 10.6 Å². The van der Waals surface area contributed by atoms with Crippen LogP contribution in [0.1, 0.15) is 25.5 Å². The first kappa shape index (κ1) is 13.4. The maximum Gasteiger partial charge on any atom is 0.223 e. The van der Waals surface area contributed by atoms with E-state index in [0.717, 1.165) is 18.7 Å². The second-order valence-electron chi connectivity index (χ2n) is 4.96. The number of rotatable bonds is 4. The topological polar surface area (TPSA) is 41.1 Å². The van der Waals surface area contributed by atoms with Crippen LogP contribution in [-0.2, 0) is 4.79 Å². The Kier molecular flexibility index (Phi) is 4.25.